The summed E-state index contributed by atoms with van der Waals surface area (Å²) in [7, 11) is 0. The average Bonchev–Trinajstić information content (AvgIpc) is 2.69. The maximum Gasteiger partial charge on any atom is 0.227 e. The molecule has 26 heavy (non-hydrogen) atoms. The third-order valence-electron chi connectivity index (χ3n) is 4.77. The zero-order valence-corrected chi connectivity index (χ0v) is 14.9. The second kappa shape index (κ2) is 7.41. The number of aryl methyl sites for hydroxylation is 1. The molecule has 0 saturated carbocycles. The molecule has 0 N–H and O–H groups in total. The number of rotatable bonds is 3. The van der Waals surface area contributed by atoms with E-state index in [-0.39, 0.29) is 5.82 Å². The van der Waals surface area contributed by atoms with Crippen molar-refractivity contribution in [1.82, 2.24) is 15.0 Å². The van der Waals surface area contributed by atoms with Gasteiger partial charge >= 0.3 is 0 Å². The highest BCUT2D eigenvalue weighted by Gasteiger charge is 2.23. The van der Waals surface area contributed by atoms with Crippen LogP contribution in [0.15, 0.2) is 24.4 Å². The molecule has 0 atom stereocenters. The Labute approximate surface area is 152 Å². The fourth-order valence-corrected chi connectivity index (χ4v) is 3.36. The summed E-state index contributed by atoms with van der Waals surface area (Å²) in [5, 5.41) is 0. The lowest BCUT2D eigenvalue weighted by Gasteiger charge is -2.36. The number of piperazine rings is 1. The van der Waals surface area contributed by atoms with Crippen molar-refractivity contribution in [2.75, 3.05) is 67.2 Å². The van der Waals surface area contributed by atoms with Crippen LogP contribution in [0.25, 0.3) is 0 Å². The highest BCUT2D eigenvalue weighted by Crippen LogP contribution is 2.22. The first kappa shape index (κ1) is 17.0. The van der Waals surface area contributed by atoms with Crippen LogP contribution in [0.2, 0.25) is 0 Å². The van der Waals surface area contributed by atoms with Crippen LogP contribution >= 0.6 is 0 Å². The Morgan fingerprint density at radius 2 is 1.69 bits per heavy atom. The summed E-state index contributed by atoms with van der Waals surface area (Å²) in [5.74, 6) is 1.86. The zero-order valence-electron chi connectivity index (χ0n) is 14.9. The van der Waals surface area contributed by atoms with Gasteiger partial charge in [0.15, 0.2) is 11.6 Å². The molecular formula is C18H23FN6O. The Morgan fingerprint density at radius 1 is 0.962 bits per heavy atom. The van der Waals surface area contributed by atoms with Crippen molar-refractivity contribution in [3.8, 4) is 0 Å². The predicted molar refractivity (Wildman–Crippen MR) is 98.4 cm³/mol. The van der Waals surface area contributed by atoms with Gasteiger partial charge in [0.2, 0.25) is 5.95 Å². The summed E-state index contributed by atoms with van der Waals surface area (Å²) in [6.07, 6.45) is 1.63. The Hall–Kier alpha value is -2.48. The molecule has 0 spiro atoms. The monoisotopic (exact) mass is 358 g/mol. The van der Waals surface area contributed by atoms with Crippen molar-refractivity contribution in [2.24, 2.45) is 0 Å². The molecule has 0 bridgehead atoms. The molecule has 7 nitrogen and oxygen atoms in total. The van der Waals surface area contributed by atoms with Crippen molar-refractivity contribution in [3.05, 3.63) is 35.9 Å². The molecule has 0 aromatic carbocycles. The van der Waals surface area contributed by atoms with Crippen molar-refractivity contribution < 1.29 is 9.13 Å². The number of pyridine rings is 1. The molecule has 138 valence electrons. The molecule has 2 aromatic heterocycles. The predicted octanol–water partition coefficient (Wildman–Crippen LogP) is 1.48. The van der Waals surface area contributed by atoms with Crippen LogP contribution < -0.4 is 14.7 Å². The van der Waals surface area contributed by atoms with Crippen LogP contribution in [0.1, 0.15) is 5.69 Å². The number of hydrogen-bond acceptors (Lipinski definition) is 7. The second-order valence-corrected chi connectivity index (χ2v) is 6.55. The first-order valence-electron chi connectivity index (χ1n) is 8.99. The normalized spacial score (nSPS) is 18.3. The van der Waals surface area contributed by atoms with Crippen molar-refractivity contribution >= 4 is 17.6 Å². The quantitative estimate of drug-likeness (QED) is 0.824. The van der Waals surface area contributed by atoms with Gasteiger partial charge in [0.05, 0.1) is 13.2 Å². The number of anilines is 3. The number of ether oxygens (including phenoxy) is 1. The van der Waals surface area contributed by atoms with Crippen molar-refractivity contribution in [3.63, 3.8) is 0 Å². The molecule has 0 radical (unpaired) electrons. The average molecular weight is 358 g/mol. The van der Waals surface area contributed by atoms with E-state index in [1.165, 1.54) is 6.07 Å². The van der Waals surface area contributed by atoms with E-state index in [0.717, 1.165) is 43.6 Å². The molecule has 2 aromatic rings. The van der Waals surface area contributed by atoms with Crippen LogP contribution in [0.3, 0.4) is 0 Å². The van der Waals surface area contributed by atoms with Crippen LogP contribution in [-0.2, 0) is 4.74 Å². The molecule has 2 fully saturated rings. The molecule has 0 unspecified atom stereocenters. The molecular weight excluding hydrogens is 335 g/mol. The minimum absolute atomic E-state index is 0.270. The lowest BCUT2D eigenvalue weighted by Crippen LogP contribution is -2.47. The summed E-state index contributed by atoms with van der Waals surface area (Å²) in [4.78, 5) is 19.9. The third kappa shape index (κ3) is 3.55. The Balaban J connectivity index is 1.47. The van der Waals surface area contributed by atoms with Gasteiger partial charge in [0.25, 0.3) is 0 Å². The van der Waals surface area contributed by atoms with E-state index in [9.17, 15) is 4.39 Å². The number of halogens is 1. The highest BCUT2D eigenvalue weighted by molar-refractivity contribution is 5.49. The summed E-state index contributed by atoms with van der Waals surface area (Å²) in [6.45, 7) is 8.01. The number of hydrogen-bond donors (Lipinski definition) is 0. The summed E-state index contributed by atoms with van der Waals surface area (Å²) < 4.78 is 19.4. The van der Waals surface area contributed by atoms with Crippen LogP contribution in [0, 0.1) is 12.7 Å². The number of aromatic nitrogens is 3. The molecule has 2 aliphatic rings. The van der Waals surface area contributed by atoms with E-state index in [1.54, 1.807) is 12.3 Å². The van der Waals surface area contributed by atoms with Gasteiger partial charge in [0.1, 0.15) is 5.82 Å². The van der Waals surface area contributed by atoms with Crippen molar-refractivity contribution in [2.45, 2.75) is 6.92 Å². The van der Waals surface area contributed by atoms with E-state index in [2.05, 4.69) is 19.8 Å². The topological polar surface area (TPSA) is 57.6 Å². The van der Waals surface area contributed by atoms with Crippen LogP contribution in [0.5, 0.6) is 0 Å². The second-order valence-electron chi connectivity index (χ2n) is 6.55. The van der Waals surface area contributed by atoms with E-state index in [4.69, 9.17) is 9.72 Å². The van der Waals surface area contributed by atoms with Gasteiger partial charge in [-0.25, -0.2) is 14.4 Å². The van der Waals surface area contributed by atoms with E-state index < -0.39 is 0 Å². The van der Waals surface area contributed by atoms with Crippen LogP contribution in [0.4, 0.5) is 22.0 Å². The van der Waals surface area contributed by atoms with Gasteiger partial charge in [-0.3, -0.25) is 0 Å². The maximum atomic E-state index is 14.0. The summed E-state index contributed by atoms with van der Waals surface area (Å²) in [6, 6.07) is 5.09. The molecule has 4 heterocycles. The van der Waals surface area contributed by atoms with Gasteiger partial charge in [-0.1, -0.05) is 0 Å². The molecule has 4 rings (SSSR count). The van der Waals surface area contributed by atoms with Gasteiger partial charge < -0.3 is 19.4 Å². The number of morpholine rings is 1. The molecule has 0 aliphatic carbocycles. The Bertz CT molecular complexity index is 759. The van der Waals surface area contributed by atoms with E-state index >= 15 is 0 Å². The van der Waals surface area contributed by atoms with Gasteiger partial charge in [-0.05, 0) is 19.1 Å². The SMILES string of the molecule is Cc1cc(N2CCN(c3ncccc3F)CC2)nc(N2CCOCC2)n1. The summed E-state index contributed by atoms with van der Waals surface area (Å²) >= 11 is 0. The fourth-order valence-electron chi connectivity index (χ4n) is 3.36. The fraction of sp³-hybridized carbons (Fsp3) is 0.500. The summed E-state index contributed by atoms with van der Waals surface area (Å²) in [5.41, 5.74) is 0.953. The lowest BCUT2D eigenvalue weighted by atomic mass is 10.3. The first-order valence-corrected chi connectivity index (χ1v) is 8.99. The maximum absolute atomic E-state index is 14.0. The van der Waals surface area contributed by atoms with Crippen molar-refractivity contribution in [1.29, 1.82) is 0 Å². The van der Waals surface area contributed by atoms with E-state index in [1.807, 2.05) is 17.9 Å². The molecule has 0 amide bonds. The lowest BCUT2D eigenvalue weighted by molar-refractivity contribution is 0.122. The highest BCUT2D eigenvalue weighted by atomic mass is 19.1. The van der Waals surface area contributed by atoms with Gasteiger partial charge in [-0.15, -0.1) is 0 Å². The molecule has 8 heteroatoms. The smallest absolute Gasteiger partial charge is 0.227 e. The molecule has 2 aliphatic heterocycles. The van der Waals surface area contributed by atoms with Gasteiger partial charge in [0, 0.05) is 57.2 Å². The first-order chi connectivity index (χ1) is 12.7. The largest absolute Gasteiger partial charge is 0.378 e. The number of nitrogens with zero attached hydrogens (tertiary/aromatic N) is 6. The standard InChI is InChI=1S/C18H23FN6O/c1-14-13-16(22-18(21-14)25-9-11-26-12-10-25)23-5-7-24(8-6-23)17-15(19)3-2-4-20-17/h2-4,13H,5-12H2,1H3. The van der Waals surface area contributed by atoms with Gasteiger partial charge in [-0.2, -0.15) is 4.98 Å². The minimum Gasteiger partial charge on any atom is -0.378 e. The Morgan fingerprint density at radius 3 is 2.42 bits per heavy atom. The third-order valence-corrected chi connectivity index (χ3v) is 4.77. The molecule has 2 saturated heterocycles. The van der Waals surface area contributed by atoms with E-state index in [0.29, 0.717) is 32.1 Å². The Kier molecular flexibility index (Phi) is 4.83. The zero-order chi connectivity index (χ0) is 17.9. The minimum atomic E-state index is -0.270. The van der Waals surface area contributed by atoms with Crippen LogP contribution in [-0.4, -0.2) is 67.4 Å².